The van der Waals surface area contributed by atoms with E-state index in [4.69, 9.17) is 0 Å². The smallest absolute Gasteiger partial charge is 0.0494 e. The molecule has 1 N–H and O–H groups in total. The van der Waals surface area contributed by atoms with Gasteiger partial charge in [0.15, 0.2) is 0 Å². The summed E-state index contributed by atoms with van der Waals surface area (Å²) in [5, 5.41) is 5.29. The Morgan fingerprint density at radius 2 is 1.61 bits per heavy atom. The summed E-state index contributed by atoms with van der Waals surface area (Å²) >= 11 is 0. The molecule has 0 bridgehead atoms. The molecule has 0 radical (unpaired) electrons. The zero-order valence-electron chi connectivity index (χ0n) is 10.2. The van der Waals surface area contributed by atoms with Gasteiger partial charge in [0, 0.05) is 21.8 Å². The van der Waals surface area contributed by atoms with Gasteiger partial charge in [-0.25, -0.2) is 0 Å². The van der Waals surface area contributed by atoms with E-state index >= 15 is 0 Å². The van der Waals surface area contributed by atoms with Crippen molar-refractivity contribution in [3.63, 3.8) is 0 Å². The highest BCUT2D eigenvalue weighted by Crippen LogP contribution is 2.33. The number of aryl methyl sites for hydroxylation is 1. The summed E-state index contributed by atoms with van der Waals surface area (Å²) < 4.78 is 0. The highest BCUT2D eigenvalue weighted by atomic mass is 14.7. The highest BCUT2D eigenvalue weighted by Gasteiger charge is 2.08. The molecule has 0 aliphatic carbocycles. The lowest BCUT2D eigenvalue weighted by molar-refractivity contribution is 1.45. The molecular weight excluding hydrogens is 218 g/mol. The van der Waals surface area contributed by atoms with Gasteiger partial charge in [-0.1, -0.05) is 48.5 Å². The van der Waals surface area contributed by atoms with Crippen molar-refractivity contribution in [1.29, 1.82) is 0 Å². The highest BCUT2D eigenvalue weighted by molar-refractivity contribution is 6.20. The number of H-pyrrole nitrogens is 1. The van der Waals surface area contributed by atoms with Crippen LogP contribution in [0.15, 0.2) is 54.6 Å². The number of hydrogen-bond donors (Lipinski definition) is 1. The third-order valence-corrected chi connectivity index (χ3v) is 3.73. The molecule has 86 valence electrons. The lowest BCUT2D eigenvalue weighted by Gasteiger charge is -1.99. The van der Waals surface area contributed by atoms with E-state index in [2.05, 4.69) is 66.5 Å². The Balaban J connectivity index is 2.37. The predicted octanol–water partition coefficient (Wildman–Crippen LogP) is 4.78. The molecule has 0 saturated heterocycles. The van der Waals surface area contributed by atoms with Crippen molar-refractivity contribution in [2.45, 2.75) is 6.92 Å². The van der Waals surface area contributed by atoms with E-state index in [1.165, 1.54) is 38.1 Å². The molecule has 0 atom stereocenters. The number of nitrogens with one attached hydrogen (secondary N) is 1. The first-order valence-corrected chi connectivity index (χ1v) is 6.23. The first-order chi connectivity index (χ1) is 8.84. The van der Waals surface area contributed by atoms with Crippen molar-refractivity contribution in [3.05, 3.63) is 60.2 Å². The second kappa shape index (κ2) is 3.36. The fraction of sp³-hybridized carbons (Fsp3) is 0.0588. The molecule has 1 aromatic heterocycles. The molecule has 0 fully saturated rings. The van der Waals surface area contributed by atoms with Crippen molar-refractivity contribution in [1.82, 2.24) is 4.98 Å². The largest absolute Gasteiger partial charge is 0.354 e. The van der Waals surface area contributed by atoms with Gasteiger partial charge in [-0.05, 0) is 29.3 Å². The molecule has 4 rings (SSSR count). The van der Waals surface area contributed by atoms with Gasteiger partial charge in [0.2, 0.25) is 0 Å². The molecular formula is C17H13N. The van der Waals surface area contributed by atoms with Crippen LogP contribution in [0, 0.1) is 6.92 Å². The average molecular weight is 231 g/mol. The van der Waals surface area contributed by atoms with Crippen LogP contribution in [-0.2, 0) is 0 Å². The van der Waals surface area contributed by atoms with Crippen molar-refractivity contribution < 1.29 is 0 Å². The van der Waals surface area contributed by atoms with Gasteiger partial charge < -0.3 is 4.98 Å². The third-order valence-electron chi connectivity index (χ3n) is 3.73. The Morgan fingerprint density at radius 3 is 2.56 bits per heavy atom. The van der Waals surface area contributed by atoms with E-state index < -0.39 is 0 Å². The summed E-state index contributed by atoms with van der Waals surface area (Å²) in [5.41, 5.74) is 3.77. The summed E-state index contributed by atoms with van der Waals surface area (Å²) in [6.07, 6.45) is 0. The van der Waals surface area contributed by atoms with Crippen LogP contribution in [0.2, 0.25) is 0 Å². The quantitative estimate of drug-likeness (QED) is 0.448. The Kier molecular flexibility index (Phi) is 1.81. The van der Waals surface area contributed by atoms with Crippen molar-refractivity contribution >= 4 is 32.6 Å². The summed E-state index contributed by atoms with van der Waals surface area (Å²) in [6, 6.07) is 19.4. The maximum absolute atomic E-state index is 3.54. The number of aromatic amines is 1. The molecule has 0 spiro atoms. The molecule has 0 aliphatic rings. The molecule has 0 saturated carbocycles. The molecule has 1 heteroatoms. The molecule has 18 heavy (non-hydrogen) atoms. The van der Waals surface area contributed by atoms with E-state index in [0.29, 0.717) is 0 Å². The molecule has 1 heterocycles. The fourth-order valence-corrected chi connectivity index (χ4v) is 2.84. The third kappa shape index (κ3) is 1.16. The zero-order valence-corrected chi connectivity index (χ0v) is 10.2. The lowest BCUT2D eigenvalue weighted by Crippen LogP contribution is -1.74. The first kappa shape index (κ1) is 9.72. The number of para-hydroxylation sites is 1. The number of fused-ring (bicyclic) bond motifs is 5. The zero-order chi connectivity index (χ0) is 12.1. The Bertz CT molecular complexity index is 884. The van der Waals surface area contributed by atoms with Gasteiger partial charge in [-0.15, -0.1) is 0 Å². The molecule has 4 aromatic rings. The van der Waals surface area contributed by atoms with Crippen LogP contribution >= 0.6 is 0 Å². The summed E-state index contributed by atoms with van der Waals surface area (Å²) in [7, 11) is 0. The molecule has 0 unspecified atom stereocenters. The van der Waals surface area contributed by atoms with Crippen molar-refractivity contribution in [3.8, 4) is 0 Å². The maximum atomic E-state index is 3.54. The van der Waals surface area contributed by atoms with Crippen LogP contribution < -0.4 is 0 Å². The molecule has 0 amide bonds. The normalized spacial score (nSPS) is 11.6. The topological polar surface area (TPSA) is 15.8 Å². The van der Waals surface area contributed by atoms with Crippen LogP contribution in [-0.4, -0.2) is 4.98 Å². The minimum absolute atomic E-state index is 1.22. The standard InChI is InChI=1S/C17H13N/c1-11-5-4-8-14-16-13-7-3-2-6-12(13)9-10-15(16)18-17(11)14/h2-10,18H,1H3. The van der Waals surface area contributed by atoms with Crippen LogP contribution in [0.1, 0.15) is 5.56 Å². The van der Waals surface area contributed by atoms with Crippen molar-refractivity contribution in [2.24, 2.45) is 0 Å². The van der Waals surface area contributed by atoms with E-state index in [0.717, 1.165) is 0 Å². The molecule has 3 aromatic carbocycles. The van der Waals surface area contributed by atoms with Crippen LogP contribution in [0.4, 0.5) is 0 Å². The lowest BCUT2D eigenvalue weighted by atomic mass is 10.0. The number of aromatic nitrogens is 1. The average Bonchev–Trinajstić information content (AvgIpc) is 2.79. The van der Waals surface area contributed by atoms with Crippen LogP contribution in [0.3, 0.4) is 0 Å². The Labute approximate surface area is 105 Å². The number of hydrogen-bond acceptors (Lipinski definition) is 0. The number of benzene rings is 3. The summed E-state index contributed by atoms with van der Waals surface area (Å²) in [4.78, 5) is 3.54. The van der Waals surface area contributed by atoms with Gasteiger partial charge >= 0.3 is 0 Å². The van der Waals surface area contributed by atoms with Gasteiger partial charge in [-0.3, -0.25) is 0 Å². The Hall–Kier alpha value is -2.28. The van der Waals surface area contributed by atoms with E-state index in [-0.39, 0.29) is 0 Å². The minimum atomic E-state index is 1.22. The second-order valence-corrected chi connectivity index (χ2v) is 4.83. The van der Waals surface area contributed by atoms with E-state index in [9.17, 15) is 0 Å². The summed E-state index contributed by atoms with van der Waals surface area (Å²) in [5.74, 6) is 0. The second-order valence-electron chi connectivity index (χ2n) is 4.83. The van der Waals surface area contributed by atoms with Crippen LogP contribution in [0.25, 0.3) is 32.6 Å². The van der Waals surface area contributed by atoms with E-state index in [1.807, 2.05) is 0 Å². The van der Waals surface area contributed by atoms with Gasteiger partial charge in [0.25, 0.3) is 0 Å². The fourth-order valence-electron chi connectivity index (χ4n) is 2.84. The SMILES string of the molecule is Cc1cccc2c1[nH]c1ccc3ccccc3c12. The van der Waals surface area contributed by atoms with Gasteiger partial charge in [0.1, 0.15) is 0 Å². The first-order valence-electron chi connectivity index (χ1n) is 6.23. The monoisotopic (exact) mass is 231 g/mol. The van der Waals surface area contributed by atoms with Gasteiger partial charge in [0.05, 0.1) is 0 Å². The summed E-state index contributed by atoms with van der Waals surface area (Å²) in [6.45, 7) is 2.15. The van der Waals surface area contributed by atoms with Gasteiger partial charge in [-0.2, -0.15) is 0 Å². The molecule has 0 aliphatic heterocycles. The van der Waals surface area contributed by atoms with E-state index in [1.54, 1.807) is 0 Å². The molecule has 1 nitrogen and oxygen atoms in total. The van der Waals surface area contributed by atoms with Crippen LogP contribution in [0.5, 0.6) is 0 Å². The number of rotatable bonds is 0. The Morgan fingerprint density at radius 1 is 0.778 bits per heavy atom. The van der Waals surface area contributed by atoms with Crippen molar-refractivity contribution in [2.75, 3.05) is 0 Å². The minimum Gasteiger partial charge on any atom is -0.354 e. The predicted molar refractivity (Wildman–Crippen MR) is 78.0 cm³/mol. The maximum Gasteiger partial charge on any atom is 0.0494 e.